The van der Waals surface area contributed by atoms with Crippen LogP contribution >= 0.6 is 0 Å². The van der Waals surface area contributed by atoms with E-state index in [2.05, 4.69) is 11.6 Å². The summed E-state index contributed by atoms with van der Waals surface area (Å²) in [5, 5.41) is 0. The number of sulfonamides is 1. The normalized spacial score (nSPS) is 23.1. The molecule has 1 aliphatic rings. The number of hydrogen-bond acceptors (Lipinski definition) is 3. The molecular formula is C16H26N2O2S. The van der Waals surface area contributed by atoms with E-state index in [0.717, 1.165) is 17.9 Å². The van der Waals surface area contributed by atoms with E-state index in [0.29, 0.717) is 23.9 Å². The molecule has 3 N–H and O–H groups in total. The zero-order valence-electron chi connectivity index (χ0n) is 12.7. The third-order valence-electron chi connectivity index (χ3n) is 4.33. The molecule has 0 aromatic heterocycles. The smallest absolute Gasteiger partial charge is 0.240 e. The summed E-state index contributed by atoms with van der Waals surface area (Å²) in [6.45, 7) is 3.16. The largest absolute Gasteiger partial charge is 0.326 e. The van der Waals surface area contributed by atoms with Crippen LogP contribution in [0.1, 0.15) is 44.6 Å². The van der Waals surface area contributed by atoms with Crippen molar-refractivity contribution < 1.29 is 8.42 Å². The molecule has 2 rings (SSSR count). The Hall–Kier alpha value is -0.910. The Kier molecular flexibility index (Phi) is 5.79. The lowest BCUT2D eigenvalue weighted by atomic mass is 9.81. The van der Waals surface area contributed by atoms with Crippen LogP contribution in [0.4, 0.5) is 0 Å². The van der Waals surface area contributed by atoms with Crippen LogP contribution in [-0.4, -0.2) is 15.0 Å². The molecule has 5 heteroatoms. The average molecular weight is 310 g/mol. The van der Waals surface area contributed by atoms with E-state index in [1.807, 2.05) is 6.07 Å². The molecule has 1 saturated carbocycles. The molecule has 2 unspecified atom stereocenters. The average Bonchev–Trinajstić information content (AvgIpc) is 2.47. The molecule has 1 aromatic rings. The van der Waals surface area contributed by atoms with Crippen LogP contribution < -0.4 is 10.5 Å². The Morgan fingerprint density at radius 1 is 1.33 bits per heavy atom. The van der Waals surface area contributed by atoms with Crippen LogP contribution in [0.2, 0.25) is 0 Å². The van der Waals surface area contributed by atoms with Gasteiger partial charge in [0.1, 0.15) is 0 Å². The van der Waals surface area contributed by atoms with Crippen LogP contribution in [-0.2, 0) is 16.6 Å². The Bertz CT molecular complexity index is 557. The van der Waals surface area contributed by atoms with Gasteiger partial charge in [0.2, 0.25) is 10.0 Å². The van der Waals surface area contributed by atoms with Gasteiger partial charge in [-0.25, -0.2) is 13.1 Å². The topological polar surface area (TPSA) is 72.2 Å². The molecule has 0 aliphatic heterocycles. The Morgan fingerprint density at radius 2 is 2.14 bits per heavy atom. The first-order valence-electron chi connectivity index (χ1n) is 7.80. The van der Waals surface area contributed by atoms with Crippen molar-refractivity contribution in [2.75, 3.05) is 6.54 Å². The van der Waals surface area contributed by atoms with Gasteiger partial charge in [-0.2, -0.15) is 0 Å². The summed E-state index contributed by atoms with van der Waals surface area (Å²) in [6.07, 6.45) is 5.98. The lowest BCUT2D eigenvalue weighted by molar-refractivity contribution is 0.271. The minimum Gasteiger partial charge on any atom is -0.326 e. The standard InChI is InChI=1S/C16H26N2O2S/c1-13-4-2-5-14(10-13)8-9-18-21(19,20)16-7-3-6-15(11-16)12-17/h3,6-7,11,13-14,18H,2,4-5,8-10,12,17H2,1H3. The summed E-state index contributed by atoms with van der Waals surface area (Å²) < 4.78 is 27.2. The van der Waals surface area contributed by atoms with E-state index >= 15 is 0 Å². The highest BCUT2D eigenvalue weighted by Gasteiger charge is 2.20. The van der Waals surface area contributed by atoms with Gasteiger partial charge < -0.3 is 5.73 Å². The molecule has 1 aromatic carbocycles. The van der Waals surface area contributed by atoms with Crippen molar-refractivity contribution in [2.24, 2.45) is 17.6 Å². The summed E-state index contributed by atoms with van der Waals surface area (Å²) in [7, 11) is -3.41. The molecule has 1 aliphatic carbocycles. The predicted molar refractivity (Wildman–Crippen MR) is 85.3 cm³/mol. The highest BCUT2D eigenvalue weighted by Crippen LogP contribution is 2.30. The van der Waals surface area contributed by atoms with Crippen LogP contribution in [0, 0.1) is 11.8 Å². The summed E-state index contributed by atoms with van der Waals surface area (Å²) in [4.78, 5) is 0.308. The van der Waals surface area contributed by atoms with Crippen molar-refractivity contribution in [2.45, 2.75) is 50.5 Å². The second-order valence-corrected chi connectivity index (χ2v) is 7.94. The van der Waals surface area contributed by atoms with E-state index in [9.17, 15) is 8.42 Å². The Labute approximate surface area is 128 Å². The Morgan fingerprint density at radius 3 is 2.86 bits per heavy atom. The zero-order chi connectivity index (χ0) is 15.3. The maximum atomic E-state index is 12.3. The molecule has 0 spiro atoms. The molecule has 0 radical (unpaired) electrons. The van der Waals surface area contributed by atoms with Crippen molar-refractivity contribution in [1.82, 2.24) is 4.72 Å². The van der Waals surface area contributed by atoms with Gasteiger partial charge in [0, 0.05) is 13.1 Å². The molecule has 0 amide bonds. The third-order valence-corrected chi connectivity index (χ3v) is 5.79. The van der Waals surface area contributed by atoms with E-state index in [1.54, 1.807) is 18.2 Å². The van der Waals surface area contributed by atoms with Crippen molar-refractivity contribution in [3.8, 4) is 0 Å². The van der Waals surface area contributed by atoms with E-state index in [4.69, 9.17) is 5.73 Å². The number of hydrogen-bond donors (Lipinski definition) is 2. The molecule has 0 saturated heterocycles. The summed E-state index contributed by atoms with van der Waals surface area (Å²) >= 11 is 0. The van der Waals surface area contributed by atoms with Crippen molar-refractivity contribution in [1.29, 1.82) is 0 Å². The fourth-order valence-electron chi connectivity index (χ4n) is 3.14. The lowest BCUT2D eigenvalue weighted by Gasteiger charge is -2.26. The van der Waals surface area contributed by atoms with Gasteiger partial charge in [-0.3, -0.25) is 0 Å². The molecule has 0 heterocycles. The fraction of sp³-hybridized carbons (Fsp3) is 0.625. The number of benzene rings is 1. The first-order chi connectivity index (χ1) is 10.0. The minimum absolute atomic E-state index is 0.308. The fourth-order valence-corrected chi connectivity index (χ4v) is 4.26. The van der Waals surface area contributed by atoms with Gasteiger partial charge in [0.25, 0.3) is 0 Å². The van der Waals surface area contributed by atoms with Crippen molar-refractivity contribution in [3.05, 3.63) is 29.8 Å². The maximum Gasteiger partial charge on any atom is 0.240 e. The summed E-state index contributed by atoms with van der Waals surface area (Å²) in [6, 6.07) is 6.83. The van der Waals surface area contributed by atoms with Gasteiger partial charge in [-0.1, -0.05) is 38.3 Å². The van der Waals surface area contributed by atoms with Gasteiger partial charge in [-0.05, 0) is 42.4 Å². The first kappa shape index (κ1) is 16.5. The Balaban J connectivity index is 1.89. The minimum atomic E-state index is -3.41. The van der Waals surface area contributed by atoms with Crippen LogP contribution in [0.15, 0.2) is 29.2 Å². The molecule has 1 fully saturated rings. The SMILES string of the molecule is CC1CCCC(CCNS(=O)(=O)c2cccc(CN)c2)C1. The van der Waals surface area contributed by atoms with Gasteiger partial charge in [0.05, 0.1) is 4.90 Å². The molecule has 21 heavy (non-hydrogen) atoms. The molecule has 0 bridgehead atoms. The van der Waals surface area contributed by atoms with Crippen molar-refractivity contribution in [3.63, 3.8) is 0 Å². The summed E-state index contributed by atoms with van der Waals surface area (Å²) in [5.41, 5.74) is 6.39. The van der Waals surface area contributed by atoms with Crippen molar-refractivity contribution >= 4 is 10.0 Å². The first-order valence-corrected chi connectivity index (χ1v) is 9.28. The maximum absolute atomic E-state index is 12.3. The van der Waals surface area contributed by atoms with Crippen LogP contribution in [0.25, 0.3) is 0 Å². The quantitative estimate of drug-likeness (QED) is 0.848. The zero-order valence-corrected chi connectivity index (χ0v) is 13.5. The molecule has 118 valence electrons. The van der Waals surface area contributed by atoms with Gasteiger partial charge in [0.15, 0.2) is 0 Å². The lowest BCUT2D eigenvalue weighted by Crippen LogP contribution is -2.27. The second-order valence-electron chi connectivity index (χ2n) is 6.18. The van der Waals surface area contributed by atoms with Gasteiger partial charge >= 0.3 is 0 Å². The number of rotatable bonds is 6. The monoisotopic (exact) mass is 310 g/mol. The van der Waals surface area contributed by atoms with E-state index in [-0.39, 0.29) is 0 Å². The number of nitrogens with two attached hydrogens (primary N) is 1. The van der Waals surface area contributed by atoms with Gasteiger partial charge in [-0.15, -0.1) is 0 Å². The second kappa shape index (κ2) is 7.38. The van der Waals surface area contributed by atoms with E-state index < -0.39 is 10.0 Å². The van der Waals surface area contributed by atoms with E-state index in [1.165, 1.54) is 25.7 Å². The third kappa shape index (κ3) is 4.80. The van der Waals surface area contributed by atoms with Crippen LogP contribution in [0.3, 0.4) is 0 Å². The highest BCUT2D eigenvalue weighted by molar-refractivity contribution is 7.89. The highest BCUT2D eigenvalue weighted by atomic mass is 32.2. The number of nitrogens with one attached hydrogen (secondary N) is 1. The molecule has 4 nitrogen and oxygen atoms in total. The molecular weight excluding hydrogens is 284 g/mol. The molecule has 2 atom stereocenters. The van der Waals surface area contributed by atoms with Crippen LogP contribution in [0.5, 0.6) is 0 Å². The summed E-state index contributed by atoms with van der Waals surface area (Å²) in [5.74, 6) is 1.44. The predicted octanol–water partition coefficient (Wildman–Crippen LogP) is 2.64.